The van der Waals surface area contributed by atoms with E-state index in [2.05, 4.69) is 12.2 Å². The van der Waals surface area contributed by atoms with E-state index in [1.807, 2.05) is 25.8 Å². The smallest absolute Gasteiger partial charge is 0.240 e. The van der Waals surface area contributed by atoms with Gasteiger partial charge < -0.3 is 14.4 Å². The van der Waals surface area contributed by atoms with E-state index in [0.29, 0.717) is 18.8 Å². The summed E-state index contributed by atoms with van der Waals surface area (Å²) < 4.78 is 10.3. The van der Waals surface area contributed by atoms with Crippen LogP contribution in [0.15, 0.2) is 0 Å². The van der Waals surface area contributed by atoms with E-state index in [-0.39, 0.29) is 17.9 Å². The fraction of sp³-hybridized carbons (Fsp3) is 0.923. The Hall–Kier alpha value is -0.650. The van der Waals surface area contributed by atoms with Crippen LogP contribution in [-0.4, -0.2) is 43.1 Å². The number of hydrogen-bond acceptors (Lipinski definition) is 4. The summed E-state index contributed by atoms with van der Waals surface area (Å²) in [4.78, 5) is 14.4. The molecule has 2 aliphatic rings. The average molecular weight is 256 g/mol. The first kappa shape index (κ1) is 13.8. The molecule has 2 atom stereocenters. The van der Waals surface area contributed by atoms with Crippen molar-refractivity contribution in [1.82, 2.24) is 10.2 Å². The second-order valence-corrected chi connectivity index (χ2v) is 5.70. The number of amides is 1. The molecule has 1 saturated heterocycles. The van der Waals surface area contributed by atoms with Crippen LogP contribution >= 0.6 is 0 Å². The third kappa shape index (κ3) is 3.02. The molecule has 1 heterocycles. The van der Waals surface area contributed by atoms with Gasteiger partial charge in [-0.2, -0.15) is 0 Å². The summed E-state index contributed by atoms with van der Waals surface area (Å²) >= 11 is 0. The SMILES string of the molecule is CC(C)[C@H](NC1OCO1)C(=O)N(C)[C@H](C)C1CC1. The minimum Gasteiger partial charge on any atom is -0.341 e. The highest BCUT2D eigenvalue weighted by molar-refractivity contribution is 5.82. The first-order chi connectivity index (χ1) is 8.50. The number of hydrogen-bond donors (Lipinski definition) is 1. The van der Waals surface area contributed by atoms with Gasteiger partial charge >= 0.3 is 0 Å². The number of likely N-dealkylation sites (N-methyl/N-ethyl adjacent to an activating group) is 1. The number of rotatable bonds is 6. The van der Waals surface area contributed by atoms with Crippen LogP contribution in [0.25, 0.3) is 0 Å². The monoisotopic (exact) mass is 256 g/mol. The zero-order valence-corrected chi connectivity index (χ0v) is 11.7. The summed E-state index contributed by atoms with van der Waals surface area (Å²) in [5, 5.41) is 3.11. The third-order valence-corrected chi connectivity index (χ3v) is 3.95. The van der Waals surface area contributed by atoms with Crippen molar-refractivity contribution in [1.29, 1.82) is 0 Å². The van der Waals surface area contributed by atoms with E-state index >= 15 is 0 Å². The molecule has 1 aliphatic carbocycles. The van der Waals surface area contributed by atoms with E-state index in [4.69, 9.17) is 9.47 Å². The number of nitrogens with one attached hydrogen (secondary N) is 1. The highest BCUT2D eigenvalue weighted by Crippen LogP contribution is 2.35. The molecule has 5 heteroatoms. The van der Waals surface area contributed by atoms with Crippen LogP contribution in [0.4, 0.5) is 0 Å². The van der Waals surface area contributed by atoms with Gasteiger partial charge in [-0.1, -0.05) is 13.8 Å². The summed E-state index contributed by atoms with van der Waals surface area (Å²) in [5.74, 6) is 1.02. The molecule has 1 aliphatic heterocycles. The van der Waals surface area contributed by atoms with Crippen molar-refractivity contribution in [2.24, 2.45) is 11.8 Å². The molecule has 1 N–H and O–H groups in total. The Morgan fingerprint density at radius 3 is 2.28 bits per heavy atom. The van der Waals surface area contributed by atoms with Gasteiger partial charge in [0.05, 0.1) is 6.04 Å². The van der Waals surface area contributed by atoms with E-state index in [1.54, 1.807) is 0 Å². The zero-order valence-electron chi connectivity index (χ0n) is 11.7. The second-order valence-electron chi connectivity index (χ2n) is 5.70. The van der Waals surface area contributed by atoms with Crippen LogP contribution in [0.5, 0.6) is 0 Å². The Kier molecular flexibility index (Phi) is 4.25. The molecule has 104 valence electrons. The van der Waals surface area contributed by atoms with E-state index in [0.717, 1.165) is 0 Å². The maximum Gasteiger partial charge on any atom is 0.240 e. The van der Waals surface area contributed by atoms with Crippen molar-refractivity contribution in [2.75, 3.05) is 13.8 Å². The summed E-state index contributed by atoms with van der Waals surface area (Å²) in [5.41, 5.74) is 0. The predicted octanol–water partition coefficient (Wildman–Crippen LogP) is 1.15. The van der Waals surface area contributed by atoms with Crippen LogP contribution in [0, 0.1) is 11.8 Å². The number of carbonyl (C=O) groups is 1. The second kappa shape index (κ2) is 5.55. The molecular formula is C13H24N2O3. The molecule has 5 nitrogen and oxygen atoms in total. The van der Waals surface area contributed by atoms with E-state index < -0.39 is 6.41 Å². The van der Waals surface area contributed by atoms with Crippen LogP contribution in [0.2, 0.25) is 0 Å². The maximum absolute atomic E-state index is 12.5. The molecule has 1 amide bonds. The van der Waals surface area contributed by atoms with Crippen molar-refractivity contribution < 1.29 is 14.3 Å². The minimum absolute atomic E-state index is 0.128. The van der Waals surface area contributed by atoms with Gasteiger partial charge in [0.1, 0.15) is 0 Å². The van der Waals surface area contributed by atoms with Gasteiger partial charge in [-0.15, -0.1) is 0 Å². The van der Waals surface area contributed by atoms with E-state index in [9.17, 15) is 4.79 Å². The Labute approximate surface area is 109 Å². The molecule has 0 aromatic carbocycles. The molecule has 1 saturated carbocycles. The third-order valence-electron chi connectivity index (χ3n) is 3.95. The van der Waals surface area contributed by atoms with Gasteiger partial charge in [0.15, 0.2) is 6.79 Å². The Balaban J connectivity index is 1.92. The van der Waals surface area contributed by atoms with Gasteiger partial charge in [0, 0.05) is 13.1 Å². The van der Waals surface area contributed by atoms with Crippen molar-refractivity contribution >= 4 is 5.91 Å². The topological polar surface area (TPSA) is 50.8 Å². The minimum atomic E-state index is -0.425. The summed E-state index contributed by atoms with van der Waals surface area (Å²) in [7, 11) is 1.89. The molecular weight excluding hydrogens is 232 g/mol. The fourth-order valence-corrected chi connectivity index (χ4v) is 2.24. The van der Waals surface area contributed by atoms with Crippen molar-refractivity contribution in [2.45, 2.75) is 52.1 Å². The molecule has 18 heavy (non-hydrogen) atoms. The largest absolute Gasteiger partial charge is 0.341 e. The van der Waals surface area contributed by atoms with Crippen molar-refractivity contribution in [3.8, 4) is 0 Å². The molecule has 0 unspecified atom stereocenters. The lowest BCUT2D eigenvalue weighted by molar-refractivity contribution is -0.335. The first-order valence-corrected chi connectivity index (χ1v) is 6.76. The quantitative estimate of drug-likeness (QED) is 0.774. The van der Waals surface area contributed by atoms with E-state index in [1.165, 1.54) is 12.8 Å². The standard InChI is InChI=1S/C13H24N2O3/c1-8(2)11(14-13-17-7-18-13)12(16)15(4)9(3)10-5-6-10/h8-11,13-14H,5-7H2,1-4H3/t9-,11+/m1/s1. The average Bonchev–Trinajstić information content (AvgIpc) is 3.08. The molecule has 2 fully saturated rings. The fourth-order valence-electron chi connectivity index (χ4n) is 2.24. The van der Waals surface area contributed by atoms with Gasteiger partial charge in [0.2, 0.25) is 12.3 Å². The number of ether oxygens (including phenoxy) is 2. The Morgan fingerprint density at radius 2 is 1.89 bits per heavy atom. The molecule has 0 spiro atoms. The zero-order chi connectivity index (χ0) is 13.3. The highest BCUT2D eigenvalue weighted by atomic mass is 16.9. The molecule has 0 aromatic heterocycles. The lowest BCUT2D eigenvalue weighted by atomic mass is 10.0. The Morgan fingerprint density at radius 1 is 1.28 bits per heavy atom. The first-order valence-electron chi connectivity index (χ1n) is 6.76. The van der Waals surface area contributed by atoms with Crippen LogP contribution in [-0.2, 0) is 14.3 Å². The van der Waals surface area contributed by atoms with Crippen LogP contribution in [0.1, 0.15) is 33.6 Å². The molecule has 2 rings (SSSR count). The molecule has 0 bridgehead atoms. The van der Waals surface area contributed by atoms with Crippen molar-refractivity contribution in [3.63, 3.8) is 0 Å². The molecule has 0 aromatic rings. The lowest BCUT2D eigenvalue weighted by Gasteiger charge is -2.35. The summed E-state index contributed by atoms with van der Waals surface area (Å²) in [6, 6.07) is 0.0743. The van der Waals surface area contributed by atoms with Crippen LogP contribution < -0.4 is 5.32 Å². The number of nitrogens with zero attached hydrogens (tertiary/aromatic N) is 1. The van der Waals surface area contributed by atoms with Gasteiger partial charge in [-0.3, -0.25) is 10.1 Å². The molecule has 0 radical (unpaired) electrons. The normalized spacial score (nSPS) is 23.6. The summed E-state index contributed by atoms with van der Waals surface area (Å²) in [6.45, 7) is 6.50. The summed E-state index contributed by atoms with van der Waals surface area (Å²) in [6.07, 6.45) is 2.06. The van der Waals surface area contributed by atoms with Gasteiger partial charge in [-0.25, -0.2) is 0 Å². The van der Waals surface area contributed by atoms with Gasteiger partial charge in [-0.05, 0) is 31.6 Å². The lowest BCUT2D eigenvalue weighted by Crippen LogP contribution is -2.57. The highest BCUT2D eigenvalue weighted by Gasteiger charge is 2.37. The number of carbonyl (C=O) groups excluding carboxylic acids is 1. The van der Waals surface area contributed by atoms with Gasteiger partial charge in [0.25, 0.3) is 0 Å². The van der Waals surface area contributed by atoms with Crippen molar-refractivity contribution in [3.05, 3.63) is 0 Å². The van der Waals surface area contributed by atoms with Crippen LogP contribution in [0.3, 0.4) is 0 Å². The maximum atomic E-state index is 12.5. The predicted molar refractivity (Wildman–Crippen MR) is 67.5 cm³/mol. The Bertz CT molecular complexity index is 301.